The van der Waals surface area contributed by atoms with Crippen molar-refractivity contribution in [2.24, 2.45) is 11.3 Å². The number of likely N-dealkylation sites (tertiary alicyclic amines) is 1. The van der Waals surface area contributed by atoms with E-state index in [2.05, 4.69) is 40.3 Å². The lowest BCUT2D eigenvalue weighted by Crippen LogP contribution is -2.54. The summed E-state index contributed by atoms with van der Waals surface area (Å²) in [7, 11) is 0. The smallest absolute Gasteiger partial charge is 0.240 e. The SMILES string of the molecule is CCOc1cccc2c1OC(C)(C)[C@H]1CC3(CCN(CC(=O)Nc4nncs4)CC3)CO[C@H]21. The first kappa shape index (κ1) is 22.6. The van der Waals surface area contributed by atoms with Crippen LogP contribution in [-0.4, -0.2) is 59.5 Å². The Balaban J connectivity index is 1.25. The monoisotopic (exact) mass is 472 g/mol. The molecular weight excluding hydrogens is 440 g/mol. The van der Waals surface area contributed by atoms with Gasteiger partial charge in [0.1, 0.15) is 11.1 Å². The van der Waals surface area contributed by atoms with Crippen LogP contribution >= 0.6 is 11.3 Å². The van der Waals surface area contributed by atoms with Gasteiger partial charge in [0.25, 0.3) is 0 Å². The molecule has 0 saturated carbocycles. The molecule has 8 nitrogen and oxygen atoms in total. The molecule has 4 heterocycles. The molecule has 1 amide bonds. The summed E-state index contributed by atoms with van der Waals surface area (Å²) in [6.07, 6.45) is 3.12. The number of piperidine rings is 1. The van der Waals surface area contributed by atoms with Gasteiger partial charge in [-0.25, -0.2) is 0 Å². The van der Waals surface area contributed by atoms with Crippen LogP contribution < -0.4 is 14.8 Å². The van der Waals surface area contributed by atoms with E-state index in [1.54, 1.807) is 5.51 Å². The second-order valence-corrected chi connectivity index (χ2v) is 10.8. The van der Waals surface area contributed by atoms with Crippen molar-refractivity contribution in [3.63, 3.8) is 0 Å². The van der Waals surface area contributed by atoms with Gasteiger partial charge >= 0.3 is 0 Å². The first-order chi connectivity index (χ1) is 15.9. The predicted octanol–water partition coefficient (Wildman–Crippen LogP) is 3.91. The molecule has 2 fully saturated rings. The van der Waals surface area contributed by atoms with Crippen LogP contribution in [0.4, 0.5) is 5.13 Å². The first-order valence-corrected chi connectivity index (χ1v) is 12.6. The van der Waals surface area contributed by atoms with Crippen LogP contribution in [0.5, 0.6) is 11.5 Å². The normalized spacial score (nSPS) is 25.5. The van der Waals surface area contributed by atoms with Crippen molar-refractivity contribution in [1.29, 1.82) is 0 Å². The molecule has 1 aromatic heterocycles. The zero-order chi connectivity index (χ0) is 23.1. The molecule has 5 rings (SSSR count). The fourth-order valence-electron chi connectivity index (χ4n) is 5.53. The van der Waals surface area contributed by atoms with E-state index < -0.39 is 0 Å². The molecule has 2 atom stereocenters. The van der Waals surface area contributed by atoms with E-state index >= 15 is 0 Å². The summed E-state index contributed by atoms with van der Waals surface area (Å²) in [4.78, 5) is 14.6. The summed E-state index contributed by atoms with van der Waals surface area (Å²) in [6, 6.07) is 6.11. The third-order valence-electron chi connectivity index (χ3n) is 7.35. The topological polar surface area (TPSA) is 85.8 Å². The minimum atomic E-state index is -0.350. The van der Waals surface area contributed by atoms with Gasteiger partial charge in [-0.2, -0.15) is 0 Å². The maximum Gasteiger partial charge on any atom is 0.240 e. The van der Waals surface area contributed by atoms with Crippen LogP contribution in [0.15, 0.2) is 23.7 Å². The molecular formula is C24H32N4O4S. The highest BCUT2D eigenvalue weighted by Gasteiger charge is 2.53. The van der Waals surface area contributed by atoms with Crippen LogP contribution in [0, 0.1) is 11.3 Å². The van der Waals surface area contributed by atoms with Gasteiger partial charge in [-0.1, -0.05) is 23.5 Å². The molecule has 0 radical (unpaired) electrons. The minimum Gasteiger partial charge on any atom is -0.490 e. The van der Waals surface area contributed by atoms with Gasteiger partial charge in [0.15, 0.2) is 11.5 Å². The van der Waals surface area contributed by atoms with Gasteiger partial charge in [0.05, 0.1) is 25.9 Å². The number of hydrogen-bond donors (Lipinski definition) is 1. The van der Waals surface area contributed by atoms with E-state index in [4.69, 9.17) is 14.2 Å². The predicted molar refractivity (Wildman–Crippen MR) is 126 cm³/mol. The lowest BCUT2D eigenvalue weighted by molar-refractivity contribution is -0.174. The molecule has 178 valence electrons. The Morgan fingerprint density at radius 1 is 1.33 bits per heavy atom. The Kier molecular flexibility index (Phi) is 6.05. The number of carbonyl (C=O) groups excluding carboxylic acids is 1. The van der Waals surface area contributed by atoms with Crippen LogP contribution in [0.3, 0.4) is 0 Å². The largest absolute Gasteiger partial charge is 0.490 e. The Morgan fingerprint density at radius 3 is 2.88 bits per heavy atom. The number of rotatable bonds is 5. The molecule has 2 aromatic rings. The standard InChI is InChI=1S/C24H32N4O4S/c1-4-30-18-7-5-6-16-20-17(23(2,3)32-21(16)18)12-24(14-31-20)8-10-28(11-9-24)13-19(29)26-22-27-25-15-33-22/h5-7,15,17,20H,4,8-14H2,1-3H3,(H,26,27,29)/t17-,20+/m0/s1. The molecule has 1 N–H and O–H groups in total. The summed E-state index contributed by atoms with van der Waals surface area (Å²) < 4.78 is 19.0. The van der Waals surface area contributed by atoms with Crippen LogP contribution in [0.1, 0.15) is 51.7 Å². The lowest BCUT2D eigenvalue weighted by Gasteiger charge is -2.54. The molecule has 0 unspecified atom stereocenters. The van der Waals surface area contributed by atoms with Gasteiger partial charge in [-0.3, -0.25) is 15.0 Å². The van der Waals surface area contributed by atoms with Crippen molar-refractivity contribution in [3.05, 3.63) is 29.3 Å². The number of para-hydroxylation sites is 1. The zero-order valence-electron chi connectivity index (χ0n) is 19.5. The molecule has 1 aromatic carbocycles. The minimum absolute atomic E-state index is 0.0190. The highest BCUT2D eigenvalue weighted by atomic mass is 32.1. The third kappa shape index (κ3) is 4.46. The number of aromatic nitrogens is 2. The number of nitrogens with zero attached hydrogens (tertiary/aromatic N) is 3. The maximum atomic E-state index is 12.3. The second kappa shape index (κ2) is 8.85. The fourth-order valence-corrected chi connectivity index (χ4v) is 5.99. The Bertz CT molecular complexity index is 988. The number of anilines is 1. The van der Waals surface area contributed by atoms with Crippen molar-refractivity contribution >= 4 is 22.4 Å². The zero-order valence-corrected chi connectivity index (χ0v) is 20.3. The van der Waals surface area contributed by atoms with E-state index in [-0.39, 0.29) is 28.9 Å². The van der Waals surface area contributed by atoms with E-state index in [1.165, 1.54) is 11.3 Å². The van der Waals surface area contributed by atoms with Gasteiger partial charge < -0.3 is 14.2 Å². The van der Waals surface area contributed by atoms with Gasteiger partial charge in [0, 0.05) is 11.5 Å². The van der Waals surface area contributed by atoms with Gasteiger partial charge in [-0.05, 0) is 64.6 Å². The number of ether oxygens (including phenoxy) is 3. The third-order valence-corrected chi connectivity index (χ3v) is 7.96. The van der Waals surface area contributed by atoms with E-state index in [9.17, 15) is 4.79 Å². The molecule has 9 heteroatoms. The van der Waals surface area contributed by atoms with Crippen molar-refractivity contribution in [2.45, 2.75) is 51.7 Å². The summed E-state index contributed by atoms with van der Waals surface area (Å²) in [5.74, 6) is 1.86. The molecule has 33 heavy (non-hydrogen) atoms. The van der Waals surface area contributed by atoms with Gasteiger partial charge in [0.2, 0.25) is 11.0 Å². The number of nitrogens with one attached hydrogen (secondary N) is 1. The molecule has 3 aliphatic heterocycles. The van der Waals surface area contributed by atoms with E-state index in [0.717, 1.165) is 56.0 Å². The summed E-state index contributed by atoms with van der Waals surface area (Å²) in [5, 5.41) is 11.0. The molecule has 3 aliphatic rings. The summed E-state index contributed by atoms with van der Waals surface area (Å²) >= 11 is 1.33. The Hall–Kier alpha value is -2.23. The number of hydrogen-bond acceptors (Lipinski definition) is 8. The van der Waals surface area contributed by atoms with Crippen LogP contribution in [-0.2, 0) is 9.53 Å². The highest BCUT2D eigenvalue weighted by Crippen LogP contribution is 2.57. The molecule has 0 aliphatic carbocycles. The average Bonchev–Trinajstić information content (AvgIpc) is 3.29. The summed E-state index contributed by atoms with van der Waals surface area (Å²) in [6.45, 7) is 9.83. The van der Waals surface area contributed by atoms with E-state index in [0.29, 0.717) is 18.3 Å². The Morgan fingerprint density at radius 2 is 2.15 bits per heavy atom. The lowest BCUT2D eigenvalue weighted by atomic mass is 9.64. The first-order valence-electron chi connectivity index (χ1n) is 11.7. The maximum absolute atomic E-state index is 12.3. The van der Waals surface area contributed by atoms with Crippen molar-refractivity contribution in [3.8, 4) is 11.5 Å². The van der Waals surface area contributed by atoms with Gasteiger partial charge in [-0.15, -0.1) is 10.2 Å². The number of amides is 1. The van der Waals surface area contributed by atoms with Crippen molar-refractivity contribution in [2.75, 3.05) is 38.2 Å². The number of benzene rings is 1. The van der Waals surface area contributed by atoms with E-state index in [1.807, 2.05) is 19.1 Å². The molecule has 1 spiro atoms. The van der Waals surface area contributed by atoms with Crippen molar-refractivity contribution in [1.82, 2.24) is 15.1 Å². The second-order valence-electron chi connectivity index (χ2n) is 9.92. The Labute approximate surface area is 198 Å². The summed E-state index contributed by atoms with van der Waals surface area (Å²) in [5.41, 5.74) is 2.49. The molecule has 2 saturated heterocycles. The van der Waals surface area contributed by atoms with Crippen LogP contribution in [0.25, 0.3) is 0 Å². The number of fused-ring (bicyclic) bond motifs is 3. The quantitative estimate of drug-likeness (QED) is 0.706. The molecule has 0 bridgehead atoms. The number of carbonyl (C=O) groups is 1. The van der Waals surface area contributed by atoms with Crippen LogP contribution in [0.2, 0.25) is 0 Å². The fraction of sp³-hybridized carbons (Fsp3) is 0.625. The van der Waals surface area contributed by atoms with Crippen molar-refractivity contribution < 1.29 is 19.0 Å². The average molecular weight is 473 g/mol. The highest BCUT2D eigenvalue weighted by molar-refractivity contribution is 7.13.